The lowest BCUT2D eigenvalue weighted by atomic mass is 10.2. The zero-order valence-corrected chi connectivity index (χ0v) is 15.0. The zero-order chi connectivity index (χ0) is 18.4. The van der Waals surface area contributed by atoms with Crippen LogP contribution in [0, 0.1) is 0 Å². The first kappa shape index (κ1) is 16.7. The third kappa shape index (κ3) is 2.76. The second kappa shape index (κ2) is 5.92. The van der Waals surface area contributed by atoms with Crippen molar-refractivity contribution >= 4 is 31.7 Å². The maximum Gasteiger partial charge on any atom is 0.263 e. The van der Waals surface area contributed by atoms with Crippen LogP contribution in [0.3, 0.4) is 0 Å². The number of nitrogens with one attached hydrogen (secondary N) is 2. The van der Waals surface area contributed by atoms with Gasteiger partial charge in [-0.1, -0.05) is 24.3 Å². The average molecular weight is 390 g/mol. The second-order valence-electron chi connectivity index (χ2n) is 5.66. The molecule has 4 rings (SSSR count). The fraction of sp³-hybridized carbons (Fsp3) is 0.125. The van der Waals surface area contributed by atoms with Gasteiger partial charge in [0.1, 0.15) is 11.7 Å². The Morgan fingerprint density at radius 1 is 0.654 bits per heavy atom. The van der Waals surface area contributed by atoms with E-state index in [0.29, 0.717) is 11.1 Å². The molecule has 0 spiro atoms. The number of aliphatic imine (C=N–C) groups is 2. The highest BCUT2D eigenvalue weighted by Crippen LogP contribution is 2.23. The summed E-state index contributed by atoms with van der Waals surface area (Å²) >= 11 is 0. The number of amidine groups is 2. The highest BCUT2D eigenvalue weighted by Gasteiger charge is 2.31. The van der Waals surface area contributed by atoms with Crippen LogP contribution < -0.4 is 9.44 Å². The van der Waals surface area contributed by atoms with E-state index < -0.39 is 20.0 Å². The van der Waals surface area contributed by atoms with Gasteiger partial charge in [-0.2, -0.15) is 0 Å². The molecule has 2 aliphatic rings. The molecule has 2 aromatic rings. The van der Waals surface area contributed by atoms with Crippen molar-refractivity contribution in [2.24, 2.45) is 9.98 Å². The van der Waals surface area contributed by atoms with Crippen LogP contribution in [-0.4, -0.2) is 41.6 Å². The van der Waals surface area contributed by atoms with Gasteiger partial charge in [0.15, 0.2) is 0 Å². The van der Waals surface area contributed by atoms with Gasteiger partial charge in [0, 0.05) is 11.1 Å². The van der Waals surface area contributed by atoms with Gasteiger partial charge in [-0.05, 0) is 24.3 Å². The maximum absolute atomic E-state index is 12.0. The summed E-state index contributed by atoms with van der Waals surface area (Å²) < 4.78 is 52.9. The maximum atomic E-state index is 12.0. The molecule has 0 aromatic heterocycles. The summed E-state index contributed by atoms with van der Waals surface area (Å²) in [5.41, 5.74) is 1.04. The fourth-order valence-corrected chi connectivity index (χ4v) is 5.33. The van der Waals surface area contributed by atoms with Crippen LogP contribution in [0.2, 0.25) is 0 Å². The Balaban J connectivity index is 1.54. The van der Waals surface area contributed by atoms with Gasteiger partial charge in [0.2, 0.25) is 0 Å². The number of sulfonamides is 2. The van der Waals surface area contributed by atoms with Gasteiger partial charge in [-0.25, -0.2) is 16.8 Å². The normalized spacial score (nSPS) is 21.8. The molecule has 2 N–H and O–H groups in total. The topological polar surface area (TPSA) is 117 Å². The number of fused-ring (bicyclic) bond motifs is 2. The van der Waals surface area contributed by atoms with Gasteiger partial charge < -0.3 is 0 Å². The Morgan fingerprint density at radius 2 is 1.04 bits per heavy atom. The van der Waals surface area contributed by atoms with Gasteiger partial charge in [-0.15, -0.1) is 0 Å². The van der Waals surface area contributed by atoms with Gasteiger partial charge >= 0.3 is 0 Å². The van der Waals surface area contributed by atoms with Crippen molar-refractivity contribution in [3.8, 4) is 0 Å². The predicted octanol–water partition coefficient (Wildman–Crippen LogP) is 0.464. The average Bonchev–Trinajstić information content (AvgIpc) is 3.03. The molecule has 0 saturated heterocycles. The van der Waals surface area contributed by atoms with E-state index in [2.05, 4.69) is 19.4 Å². The van der Waals surface area contributed by atoms with E-state index in [1.807, 2.05) is 0 Å². The molecule has 2 aromatic carbocycles. The first-order valence-corrected chi connectivity index (χ1v) is 10.7. The van der Waals surface area contributed by atoms with Crippen LogP contribution in [0.15, 0.2) is 68.3 Å². The lowest BCUT2D eigenvalue weighted by Gasteiger charge is -2.00. The summed E-state index contributed by atoms with van der Waals surface area (Å²) in [4.78, 5) is 8.90. The molecule has 0 amide bonds. The SMILES string of the molecule is O=S1(=O)NC(=NCCN=C2NS(=O)(=O)c3ccccc32)c2ccccc21. The van der Waals surface area contributed by atoms with Crippen LogP contribution in [0.25, 0.3) is 0 Å². The van der Waals surface area contributed by atoms with E-state index in [9.17, 15) is 16.8 Å². The molecular formula is C16H14N4O4S2. The van der Waals surface area contributed by atoms with Crippen LogP contribution in [0.5, 0.6) is 0 Å². The van der Waals surface area contributed by atoms with Crippen molar-refractivity contribution in [2.75, 3.05) is 13.1 Å². The largest absolute Gasteiger partial charge is 0.265 e. The van der Waals surface area contributed by atoms with Crippen molar-refractivity contribution in [1.82, 2.24) is 9.44 Å². The van der Waals surface area contributed by atoms with Gasteiger partial charge in [0.25, 0.3) is 20.0 Å². The quantitative estimate of drug-likeness (QED) is 0.741. The van der Waals surface area contributed by atoms with E-state index in [1.165, 1.54) is 12.1 Å². The smallest absolute Gasteiger partial charge is 0.263 e. The van der Waals surface area contributed by atoms with Crippen molar-refractivity contribution in [1.29, 1.82) is 0 Å². The van der Waals surface area contributed by atoms with Crippen molar-refractivity contribution in [2.45, 2.75) is 9.79 Å². The zero-order valence-electron chi connectivity index (χ0n) is 13.4. The van der Waals surface area contributed by atoms with Gasteiger partial charge in [-0.3, -0.25) is 19.4 Å². The summed E-state index contributed by atoms with van der Waals surface area (Å²) in [5, 5.41) is 0. The van der Waals surface area contributed by atoms with E-state index >= 15 is 0 Å². The molecule has 26 heavy (non-hydrogen) atoms. The summed E-state index contributed by atoms with van der Waals surface area (Å²) in [6.45, 7) is 0.416. The third-order valence-electron chi connectivity index (χ3n) is 3.97. The molecule has 0 bridgehead atoms. The number of hydrogen-bond acceptors (Lipinski definition) is 6. The van der Waals surface area contributed by atoms with Crippen LogP contribution in [0.4, 0.5) is 0 Å². The van der Waals surface area contributed by atoms with E-state index in [1.54, 1.807) is 36.4 Å². The van der Waals surface area contributed by atoms with Crippen molar-refractivity contribution < 1.29 is 16.8 Å². The monoisotopic (exact) mass is 390 g/mol. The number of rotatable bonds is 3. The molecule has 134 valence electrons. The third-order valence-corrected chi connectivity index (χ3v) is 6.76. The molecule has 0 unspecified atom stereocenters. The molecule has 2 aliphatic heterocycles. The minimum atomic E-state index is -3.57. The Morgan fingerprint density at radius 3 is 1.46 bits per heavy atom. The Labute approximate surface area is 150 Å². The first-order valence-electron chi connectivity index (χ1n) is 7.72. The van der Waals surface area contributed by atoms with E-state index in [4.69, 9.17) is 0 Å². The molecule has 0 radical (unpaired) electrons. The molecule has 0 fully saturated rings. The van der Waals surface area contributed by atoms with Gasteiger partial charge in [0.05, 0.1) is 22.9 Å². The summed E-state index contributed by atoms with van der Waals surface area (Å²) in [6, 6.07) is 13.2. The fourth-order valence-electron chi connectivity index (χ4n) is 2.83. The van der Waals surface area contributed by atoms with Crippen LogP contribution in [0.1, 0.15) is 11.1 Å². The lowest BCUT2D eigenvalue weighted by molar-refractivity contribution is 0.593. The minimum Gasteiger partial charge on any atom is -0.265 e. The molecule has 0 atom stereocenters. The highest BCUT2D eigenvalue weighted by molar-refractivity contribution is 7.91. The highest BCUT2D eigenvalue weighted by atomic mass is 32.2. The molecule has 0 saturated carbocycles. The molecule has 2 heterocycles. The van der Waals surface area contributed by atoms with E-state index in [0.717, 1.165) is 0 Å². The molecule has 0 aliphatic carbocycles. The Bertz CT molecular complexity index is 1070. The summed E-state index contributed by atoms with van der Waals surface area (Å²) in [7, 11) is -7.14. The van der Waals surface area contributed by atoms with Crippen LogP contribution >= 0.6 is 0 Å². The number of benzene rings is 2. The summed E-state index contributed by atoms with van der Waals surface area (Å²) in [6.07, 6.45) is 0. The number of nitrogens with zero attached hydrogens (tertiary/aromatic N) is 2. The number of hydrogen-bond donors (Lipinski definition) is 2. The minimum absolute atomic E-state index is 0.197. The van der Waals surface area contributed by atoms with Crippen molar-refractivity contribution in [3.63, 3.8) is 0 Å². The second-order valence-corrected chi connectivity index (χ2v) is 8.97. The summed E-state index contributed by atoms with van der Waals surface area (Å²) in [5.74, 6) is 0.543. The van der Waals surface area contributed by atoms with Crippen molar-refractivity contribution in [3.05, 3.63) is 59.7 Å². The van der Waals surface area contributed by atoms with E-state index in [-0.39, 0.29) is 34.6 Å². The first-order chi connectivity index (χ1) is 12.4. The molecular weight excluding hydrogens is 376 g/mol. The predicted molar refractivity (Wildman–Crippen MR) is 96.3 cm³/mol. The molecule has 10 heteroatoms. The Hall–Kier alpha value is -2.72. The Kier molecular flexibility index (Phi) is 3.81. The lowest BCUT2D eigenvalue weighted by Crippen LogP contribution is -2.23. The van der Waals surface area contributed by atoms with Crippen LogP contribution in [-0.2, 0) is 20.0 Å². The standard InChI is InChI=1S/C16H14N4O4S2/c21-25(22)13-7-3-1-5-11(13)15(19-25)17-9-10-18-16-12-6-2-4-8-14(12)26(23,24)20-16/h1-8H,9-10H2,(H,17,19)(H,18,20). The molecule has 8 nitrogen and oxygen atoms in total.